The van der Waals surface area contributed by atoms with Crippen LogP contribution in [-0.2, 0) is 0 Å². The average Bonchev–Trinajstić information content (AvgIpc) is 2.32. The van der Waals surface area contributed by atoms with Crippen molar-refractivity contribution in [2.24, 2.45) is 5.73 Å². The molecule has 15 heavy (non-hydrogen) atoms. The highest BCUT2D eigenvalue weighted by Gasteiger charge is 2.24. The van der Waals surface area contributed by atoms with Crippen molar-refractivity contribution in [3.8, 4) is 0 Å². The van der Waals surface area contributed by atoms with Gasteiger partial charge in [-0.05, 0) is 24.3 Å². The third-order valence-electron chi connectivity index (χ3n) is 3.56. The van der Waals surface area contributed by atoms with E-state index in [0.29, 0.717) is 0 Å². The van der Waals surface area contributed by atoms with E-state index in [9.17, 15) is 0 Å². The average molecular weight is 229 g/mol. The Kier molecular flexibility index (Phi) is 4.75. The molecule has 0 radical (unpaired) electrons. The maximum Gasteiger partial charge on any atom is 0.0113 e. The van der Waals surface area contributed by atoms with Crippen molar-refractivity contribution in [3.05, 3.63) is 0 Å². The predicted octanol–water partition coefficient (Wildman–Crippen LogP) is 0.458. The molecule has 0 saturated carbocycles. The van der Waals surface area contributed by atoms with Crippen LogP contribution in [0, 0.1) is 0 Å². The van der Waals surface area contributed by atoms with Gasteiger partial charge >= 0.3 is 0 Å². The van der Waals surface area contributed by atoms with E-state index in [2.05, 4.69) is 21.6 Å². The first-order valence-corrected chi connectivity index (χ1v) is 7.30. The van der Waals surface area contributed by atoms with Crippen LogP contribution >= 0.6 is 11.8 Å². The van der Waals surface area contributed by atoms with Crippen LogP contribution in [0.15, 0.2) is 0 Å². The minimum atomic E-state index is 0.806. The molecule has 0 aliphatic carbocycles. The van der Waals surface area contributed by atoms with Crippen LogP contribution < -0.4 is 5.73 Å². The van der Waals surface area contributed by atoms with Crippen molar-refractivity contribution in [1.82, 2.24) is 9.80 Å². The summed E-state index contributed by atoms with van der Waals surface area (Å²) in [7, 11) is 0. The quantitative estimate of drug-likeness (QED) is 0.762. The van der Waals surface area contributed by atoms with E-state index in [-0.39, 0.29) is 0 Å². The first kappa shape index (κ1) is 11.7. The topological polar surface area (TPSA) is 32.5 Å². The van der Waals surface area contributed by atoms with Crippen LogP contribution in [0.1, 0.15) is 12.8 Å². The fourth-order valence-electron chi connectivity index (χ4n) is 2.58. The van der Waals surface area contributed by atoms with Crippen molar-refractivity contribution < 1.29 is 0 Å². The monoisotopic (exact) mass is 229 g/mol. The first-order chi connectivity index (χ1) is 7.40. The van der Waals surface area contributed by atoms with Gasteiger partial charge in [0.1, 0.15) is 0 Å². The third kappa shape index (κ3) is 3.34. The van der Waals surface area contributed by atoms with Gasteiger partial charge in [0, 0.05) is 45.3 Å². The molecule has 0 aromatic heterocycles. The van der Waals surface area contributed by atoms with Gasteiger partial charge in [0.05, 0.1) is 0 Å². The molecule has 2 heterocycles. The summed E-state index contributed by atoms with van der Waals surface area (Å²) in [6.45, 7) is 6.85. The second-order valence-electron chi connectivity index (χ2n) is 4.51. The molecule has 2 aliphatic heterocycles. The Morgan fingerprint density at radius 2 is 1.73 bits per heavy atom. The third-order valence-corrected chi connectivity index (χ3v) is 4.61. The molecule has 2 N–H and O–H groups in total. The number of nitrogens with two attached hydrogens (primary N) is 1. The van der Waals surface area contributed by atoms with E-state index in [0.717, 1.165) is 19.1 Å². The van der Waals surface area contributed by atoms with Crippen LogP contribution in [0.5, 0.6) is 0 Å². The van der Waals surface area contributed by atoms with Crippen LogP contribution in [0.25, 0.3) is 0 Å². The summed E-state index contributed by atoms with van der Waals surface area (Å²) in [5.41, 5.74) is 5.58. The zero-order valence-electron chi connectivity index (χ0n) is 9.53. The fraction of sp³-hybridized carbons (Fsp3) is 1.00. The Hall–Kier alpha value is 0.230. The SMILES string of the molecule is NCCN1CCN(C2CCSCC2)CC1. The zero-order valence-corrected chi connectivity index (χ0v) is 10.3. The highest BCUT2D eigenvalue weighted by Crippen LogP contribution is 2.22. The number of hydrogen-bond donors (Lipinski definition) is 1. The van der Waals surface area contributed by atoms with Crippen molar-refractivity contribution in [1.29, 1.82) is 0 Å². The molecule has 0 unspecified atom stereocenters. The molecule has 2 rings (SSSR count). The molecule has 0 bridgehead atoms. The number of piperazine rings is 1. The summed E-state index contributed by atoms with van der Waals surface area (Å²) >= 11 is 2.12. The van der Waals surface area contributed by atoms with Crippen molar-refractivity contribution in [2.45, 2.75) is 18.9 Å². The Morgan fingerprint density at radius 1 is 1.07 bits per heavy atom. The van der Waals surface area contributed by atoms with Gasteiger partial charge in [-0.1, -0.05) is 0 Å². The van der Waals surface area contributed by atoms with Gasteiger partial charge in [-0.25, -0.2) is 0 Å². The van der Waals surface area contributed by atoms with Crippen LogP contribution in [0.3, 0.4) is 0 Å². The molecular weight excluding hydrogens is 206 g/mol. The molecule has 0 aromatic carbocycles. The predicted molar refractivity (Wildman–Crippen MR) is 67.4 cm³/mol. The van der Waals surface area contributed by atoms with Crippen molar-refractivity contribution >= 4 is 11.8 Å². The second kappa shape index (κ2) is 6.09. The van der Waals surface area contributed by atoms with Crippen LogP contribution in [-0.4, -0.2) is 66.6 Å². The van der Waals surface area contributed by atoms with Gasteiger partial charge in [-0.3, -0.25) is 9.80 Å². The Labute approximate surface area is 97.4 Å². The summed E-state index contributed by atoms with van der Waals surface area (Å²) in [4.78, 5) is 5.20. The van der Waals surface area contributed by atoms with E-state index >= 15 is 0 Å². The highest BCUT2D eigenvalue weighted by molar-refractivity contribution is 7.99. The largest absolute Gasteiger partial charge is 0.329 e. The summed E-state index contributed by atoms with van der Waals surface area (Å²) < 4.78 is 0. The molecule has 88 valence electrons. The number of thioether (sulfide) groups is 1. The van der Waals surface area contributed by atoms with Crippen molar-refractivity contribution in [2.75, 3.05) is 50.8 Å². The summed E-state index contributed by atoms with van der Waals surface area (Å²) in [5, 5.41) is 0. The summed E-state index contributed by atoms with van der Waals surface area (Å²) in [6.07, 6.45) is 2.81. The van der Waals surface area contributed by atoms with Crippen LogP contribution in [0.4, 0.5) is 0 Å². The summed E-state index contributed by atoms with van der Waals surface area (Å²) in [6, 6.07) is 0.881. The lowest BCUT2D eigenvalue weighted by molar-refractivity contribution is 0.0938. The van der Waals surface area contributed by atoms with E-state index in [1.165, 1.54) is 50.5 Å². The lowest BCUT2D eigenvalue weighted by Gasteiger charge is -2.40. The van der Waals surface area contributed by atoms with Gasteiger partial charge in [-0.15, -0.1) is 0 Å². The maximum absolute atomic E-state index is 5.58. The van der Waals surface area contributed by atoms with Gasteiger partial charge < -0.3 is 5.73 Å². The molecule has 0 atom stereocenters. The van der Waals surface area contributed by atoms with E-state index in [1.807, 2.05) is 0 Å². The zero-order chi connectivity index (χ0) is 10.5. The minimum Gasteiger partial charge on any atom is -0.329 e. The highest BCUT2D eigenvalue weighted by atomic mass is 32.2. The van der Waals surface area contributed by atoms with E-state index in [1.54, 1.807) is 0 Å². The summed E-state index contributed by atoms with van der Waals surface area (Å²) in [5.74, 6) is 2.74. The molecule has 4 heteroatoms. The normalized spacial score (nSPS) is 27.0. The van der Waals surface area contributed by atoms with Gasteiger partial charge in [-0.2, -0.15) is 11.8 Å². The minimum absolute atomic E-state index is 0.806. The molecule has 2 fully saturated rings. The first-order valence-electron chi connectivity index (χ1n) is 6.14. The second-order valence-corrected chi connectivity index (χ2v) is 5.73. The molecule has 0 amide bonds. The lowest BCUT2D eigenvalue weighted by Crippen LogP contribution is -2.51. The molecule has 0 aromatic rings. The number of nitrogens with zero attached hydrogens (tertiary/aromatic N) is 2. The van der Waals surface area contributed by atoms with Gasteiger partial charge in [0.15, 0.2) is 0 Å². The Morgan fingerprint density at radius 3 is 2.33 bits per heavy atom. The number of rotatable bonds is 3. The lowest BCUT2D eigenvalue weighted by atomic mass is 10.1. The van der Waals surface area contributed by atoms with E-state index < -0.39 is 0 Å². The standard InChI is InChI=1S/C11H23N3S/c12-3-4-13-5-7-14(8-6-13)11-1-9-15-10-2-11/h11H,1-10,12H2. The van der Waals surface area contributed by atoms with E-state index in [4.69, 9.17) is 5.73 Å². The Bertz CT molecular complexity index is 175. The van der Waals surface area contributed by atoms with Gasteiger partial charge in [0.25, 0.3) is 0 Å². The maximum atomic E-state index is 5.58. The molecule has 0 spiro atoms. The number of hydrogen-bond acceptors (Lipinski definition) is 4. The smallest absolute Gasteiger partial charge is 0.0113 e. The van der Waals surface area contributed by atoms with Crippen molar-refractivity contribution in [3.63, 3.8) is 0 Å². The fourth-order valence-corrected chi connectivity index (χ4v) is 3.67. The van der Waals surface area contributed by atoms with Gasteiger partial charge in [0.2, 0.25) is 0 Å². The molecule has 2 saturated heterocycles. The molecule has 2 aliphatic rings. The molecular formula is C11H23N3S. The molecule has 3 nitrogen and oxygen atoms in total. The van der Waals surface area contributed by atoms with Crippen LogP contribution in [0.2, 0.25) is 0 Å². The Balaban J connectivity index is 1.72.